The van der Waals surface area contributed by atoms with E-state index in [1.165, 1.54) is 26.4 Å². The van der Waals surface area contributed by atoms with Gasteiger partial charge in [0.2, 0.25) is 0 Å². The summed E-state index contributed by atoms with van der Waals surface area (Å²) in [6.45, 7) is 6.05. The molecule has 2 aliphatic rings. The number of anilines is 2. The summed E-state index contributed by atoms with van der Waals surface area (Å²) in [5, 5.41) is 5.84. The second kappa shape index (κ2) is 11.0. The fraction of sp³-hybridized carbons (Fsp3) is 0.294. The van der Waals surface area contributed by atoms with Gasteiger partial charge >= 0.3 is 25.3 Å². The fourth-order valence-corrected chi connectivity index (χ4v) is 7.09. The van der Waals surface area contributed by atoms with E-state index >= 15 is 0 Å². The van der Waals surface area contributed by atoms with Gasteiger partial charge in [-0.1, -0.05) is 36.4 Å². The summed E-state index contributed by atoms with van der Waals surface area (Å²) in [5.74, 6) is -1.54. The minimum Gasteiger partial charge on any atom is -0.468 e. The van der Waals surface area contributed by atoms with Crippen LogP contribution in [0.3, 0.4) is 0 Å². The van der Waals surface area contributed by atoms with E-state index in [9.17, 15) is 22.8 Å². The third-order valence-electron chi connectivity index (χ3n) is 9.33. The molecule has 0 amide bonds. The predicted molar refractivity (Wildman–Crippen MR) is 167 cm³/mol. The lowest BCUT2D eigenvalue weighted by Crippen LogP contribution is -2.57. The molecule has 11 heteroatoms. The minimum atomic E-state index is -4.78. The van der Waals surface area contributed by atoms with Crippen LogP contribution in [0, 0.1) is 26.2 Å². The van der Waals surface area contributed by atoms with Gasteiger partial charge < -0.3 is 24.2 Å². The van der Waals surface area contributed by atoms with Crippen molar-refractivity contribution in [3.05, 3.63) is 94.0 Å². The van der Waals surface area contributed by atoms with Gasteiger partial charge in [0, 0.05) is 36.1 Å². The first-order chi connectivity index (χ1) is 21.4. The maximum Gasteiger partial charge on any atom is 0.573 e. The van der Waals surface area contributed by atoms with E-state index in [-0.39, 0.29) is 25.6 Å². The van der Waals surface area contributed by atoms with Gasteiger partial charge in [0.1, 0.15) is 5.75 Å². The van der Waals surface area contributed by atoms with Crippen LogP contribution < -0.4 is 20.2 Å². The number of nitrogens with zero attached hydrogens (tertiary/aromatic N) is 1. The van der Waals surface area contributed by atoms with Gasteiger partial charge in [-0.2, -0.15) is 0 Å². The summed E-state index contributed by atoms with van der Waals surface area (Å²) in [6.07, 6.45) is -4.44. The number of esters is 2. The average Bonchev–Trinajstić information content (AvgIpc) is 3.44. The number of fused-ring (bicyclic) bond motifs is 1. The molecule has 1 aliphatic heterocycles. The Morgan fingerprint density at radius 3 is 2.07 bits per heavy atom. The monoisotopic (exact) mass is 616 g/mol. The highest BCUT2D eigenvalue weighted by atomic mass is 19.4. The van der Waals surface area contributed by atoms with Gasteiger partial charge in [-0.3, -0.25) is 9.59 Å². The molecule has 0 fully saturated rings. The average molecular weight is 616 g/mol. The number of hydrogen-bond donors (Lipinski definition) is 1. The number of nitrogens with one attached hydrogen (secondary N) is 1. The van der Waals surface area contributed by atoms with Gasteiger partial charge in [-0.15, -0.1) is 13.2 Å². The minimum absolute atomic E-state index is 0.154. The fourth-order valence-electron chi connectivity index (χ4n) is 7.09. The summed E-state index contributed by atoms with van der Waals surface area (Å²) in [6, 6.07) is 18.1. The second-order valence-corrected chi connectivity index (χ2v) is 11.7. The molecule has 0 spiro atoms. The summed E-state index contributed by atoms with van der Waals surface area (Å²) < 4.78 is 52.7. The molecule has 1 N–H and O–H groups in total. The quantitative estimate of drug-likeness (QED) is 0.164. The molecule has 0 saturated carbocycles. The number of carbonyl (C=O) groups excluding carboxylic acids is 2. The van der Waals surface area contributed by atoms with E-state index in [1.807, 2.05) is 57.2 Å². The Hall–Kier alpha value is -4.67. The van der Waals surface area contributed by atoms with E-state index in [0.29, 0.717) is 6.54 Å². The molecule has 0 aromatic heterocycles. The van der Waals surface area contributed by atoms with Crippen molar-refractivity contribution in [1.29, 1.82) is 0 Å². The van der Waals surface area contributed by atoms with Gasteiger partial charge in [0.15, 0.2) is 5.41 Å². The summed E-state index contributed by atoms with van der Waals surface area (Å²) in [7, 11) is 2.55. The Labute approximate surface area is 259 Å². The molecule has 45 heavy (non-hydrogen) atoms. The van der Waals surface area contributed by atoms with Crippen LogP contribution in [0.2, 0.25) is 0 Å². The molecule has 1 heterocycles. The van der Waals surface area contributed by atoms with Crippen molar-refractivity contribution >= 4 is 46.5 Å². The summed E-state index contributed by atoms with van der Waals surface area (Å²) in [5.41, 5.74) is 7.04. The number of methoxy groups -OCH3 is 2. The summed E-state index contributed by atoms with van der Waals surface area (Å²) >= 11 is 0. The lowest BCUT2D eigenvalue weighted by molar-refractivity contribution is -0.274. The molecule has 0 radical (unpaired) electrons. The van der Waals surface area contributed by atoms with E-state index < -0.39 is 23.7 Å². The van der Waals surface area contributed by atoms with E-state index in [4.69, 9.17) is 9.47 Å². The van der Waals surface area contributed by atoms with Crippen LogP contribution in [0.4, 0.5) is 24.5 Å². The molecule has 0 unspecified atom stereocenters. The van der Waals surface area contributed by atoms with Crippen molar-refractivity contribution in [3.63, 3.8) is 0 Å². The van der Waals surface area contributed by atoms with Crippen molar-refractivity contribution in [2.24, 2.45) is 5.41 Å². The zero-order valence-electron chi connectivity index (χ0n) is 25.6. The Kier molecular flexibility index (Phi) is 7.45. The molecule has 0 saturated heterocycles. The van der Waals surface area contributed by atoms with Crippen molar-refractivity contribution in [2.45, 2.75) is 46.5 Å². The number of benzene rings is 4. The van der Waals surface area contributed by atoms with E-state index in [2.05, 4.69) is 14.8 Å². The van der Waals surface area contributed by atoms with E-state index in [0.717, 1.165) is 61.0 Å². The Balaban J connectivity index is 1.48. The Morgan fingerprint density at radius 1 is 0.867 bits per heavy atom. The Bertz CT molecular complexity index is 1820. The molecule has 0 atom stereocenters. The molecule has 0 bridgehead atoms. The zero-order chi connectivity index (χ0) is 32.3. The van der Waals surface area contributed by atoms with Crippen LogP contribution >= 0.6 is 0 Å². The topological polar surface area (TPSA) is 77.1 Å². The van der Waals surface area contributed by atoms with Gasteiger partial charge in [0.25, 0.3) is 0 Å². The van der Waals surface area contributed by atoms with E-state index in [1.54, 1.807) is 12.1 Å². The van der Waals surface area contributed by atoms with Crippen LogP contribution in [0.25, 0.3) is 10.8 Å². The zero-order valence-corrected chi connectivity index (χ0v) is 25.6. The highest BCUT2D eigenvalue weighted by molar-refractivity contribution is 6.81. The molecular weight excluding hydrogens is 584 g/mol. The predicted octanol–water partition coefficient (Wildman–Crippen LogP) is 5.92. The van der Waals surface area contributed by atoms with Crippen LogP contribution in [0.5, 0.6) is 5.75 Å². The Morgan fingerprint density at radius 2 is 1.47 bits per heavy atom. The number of hydrogen-bond acceptors (Lipinski definition) is 7. The molecule has 232 valence electrons. The third kappa shape index (κ3) is 5.04. The largest absolute Gasteiger partial charge is 0.573 e. The first-order valence-electron chi connectivity index (χ1n) is 14.6. The van der Waals surface area contributed by atoms with Crippen LogP contribution in [-0.2, 0) is 38.4 Å². The third-order valence-corrected chi connectivity index (χ3v) is 9.33. The highest BCUT2D eigenvalue weighted by Crippen LogP contribution is 2.44. The molecule has 4 aromatic rings. The van der Waals surface area contributed by atoms with Crippen LogP contribution in [0.15, 0.2) is 60.7 Å². The van der Waals surface area contributed by atoms with Crippen molar-refractivity contribution < 1.29 is 37.0 Å². The normalized spacial score (nSPS) is 15.0. The lowest BCUT2D eigenvalue weighted by atomic mass is 9.59. The number of ether oxygens (including phenoxy) is 3. The molecule has 1 aliphatic carbocycles. The molecular formula is C34H32BF3N2O5. The summed E-state index contributed by atoms with van der Waals surface area (Å²) in [4.78, 5) is 28.4. The molecule has 7 nitrogen and oxygen atoms in total. The first-order valence-corrected chi connectivity index (χ1v) is 14.6. The first kappa shape index (κ1) is 30.4. The van der Waals surface area contributed by atoms with Crippen molar-refractivity contribution in [2.75, 3.05) is 24.3 Å². The SMILES string of the molecule is COC(=O)C1(C(=O)OC)Cc2c(C)c(C)c(B3Nc4cccc5cccc(c45)N3Cc3ccc(OC(F)(F)F)cc3)c(C)c2C1. The standard InChI is InChI=1S/C34H32BF3N2O5/c1-19-20(2)30(21(3)26-17-33(16-25(19)26,31(41)43-4)32(42)44-5)35-39-27-10-6-8-23-9-7-11-28(29(23)27)40(35)18-22-12-14-24(15-13-22)45-34(36,37)38/h6-15,39H,16-18H2,1-5H3. The number of alkyl halides is 3. The lowest BCUT2D eigenvalue weighted by Gasteiger charge is -2.39. The number of halogens is 3. The van der Waals surface area contributed by atoms with Crippen LogP contribution in [0.1, 0.15) is 33.4 Å². The van der Waals surface area contributed by atoms with Gasteiger partial charge in [-0.25, -0.2) is 0 Å². The maximum atomic E-state index is 13.1. The smallest absolute Gasteiger partial charge is 0.468 e. The highest BCUT2D eigenvalue weighted by Gasteiger charge is 2.54. The number of carbonyl (C=O) groups is 2. The van der Waals surface area contributed by atoms with Crippen LogP contribution in [-0.4, -0.2) is 39.5 Å². The second-order valence-electron chi connectivity index (χ2n) is 11.7. The molecule has 6 rings (SSSR count). The van der Waals surface area contributed by atoms with Crippen molar-refractivity contribution in [3.8, 4) is 5.75 Å². The van der Waals surface area contributed by atoms with Gasteiger partial charge in [-0.05, 0) is 89.3 Å². The van der Waals surface area contributed by atoms with Crippen molar-refractivity contribution in [1.82, 2.24) is 0 Å². The van der Waals surface area contributed by atoms with Gasteiger partial charge in [0.05, 0.1) is 14.2 Å². The maximum absolute atomic E-state index is 13.1. The number of rotatable bonds is 6. The molecule has 4 aromatic carbocycles.